The first-order valence-corrected chi connectivity index (χ1v) is 11.9. The molecule has 2 heterocycles. The van der Waals surface area contributed by atoms with Gasteiger partial charge in [0.25, 0.3) is 0 Å². The summed E-state index contributed by atoms with van der Waals surface area (Å²) >= 11 is 12.3. The molecular weight excluding hydrogens is 489 g/mol. The van der Waals surface area contributed by atoms with Crippen molar-refractivity contribution in [2.45, 2.75) is 19.9 Å². The molecule has 0 saturated carbocycles. The molecule has 0 saturated heterocycles. The van der Waals surface area contributed by atoms with Gasteiger partial charge in [-0.3, -0.25) is 9.69 Å². The van der Waals surface area contributed by atoms with Crippen molar-refractivity contribution in [1.82, 2.24) is 4.90 Å². The third-order valence-electron chi connectivity index (χ3n) is 6.00. The van der Waals surface area contributed by atoms with Gasteiger partial charge in [0, 0.05) is 29.2 Å². The fraction of sp³-hybridized carbons (Fsp3) is 0.222. The van der Waals surface area contributed by atoms with Crippen molar-refractivity contribution in [3.05, 3.63) is 91.8 Å². The molecule has 0 fully saturated rings. The molecule has 1 aliphatic heterocycles. The SMILES string of the molecule is COc1cccc(Oc2c(C)oc3c4c(ccc3c2=O)OCN(CCc2ccc(Cl)cc2Cl)C4)c1. The van der Waals surface area contributed by atoms with Crippen molar-refractivity contribution in [3.8, 4) is 23.0 Å². The van der Waals surface area contributed by atoms with E-state index in [0.29, 0.717) is 57.3 Å². The molecule has 180 valence electrons. The number of fused-ring (bicyclic) bond motifs is 3. The highest BCUT2D eigenvalue weighted by atomic mass is 35.5. The number of methoxy groups -OCH3 is 1. The average Bonchev–Trinajstić information content (AvgIpc) is 2.86. The lowest BCUT2D eigenvalue weighted by Crippen LogP contribution is -2.33. The smallest absolute Gasteiger partial charge is 0.235 e. The van der Waals surface area contributed by atoms with Gasteiger partial charge in [0.15, 0.2) is 0 Å². The van der Waals surface area contributed by atoms with Crippen LogP contribution in [0.5, 0.6) is 23.0 Å². The van der Waals surface area contributed by atoms with E-state index < -0.39 is 0 Å². The zero-order chi connectivity index (χ0) is 24.5. The first kappa shape index (κ1) is 23.5. The van der Waals surface area contributed by atoms with Crippen LogP contribution in [0.25, 0.3) is 11.0 Å². The summed E-state index contributed by atoms with van der Waals surface area (Å²) in [5.74, 6) is 2.38. The molecule has 0 N–H and O–H groups in total. The van der Waals surface area contributed by atoms with Crippen molar-refractivity contribution in [2.24, 2.45) is 0 Å². The van der Waals surface area contributed by atoms with Crippen molar-refractivity contribution >= 4 is 34.2 Å². The van der Waals surface area contributed by atoms with Gasteiger partial charge in [-0.2, -0.15) is 0 Å². The quantitative estimate of drug-likeness (QED) is 0.290. The number of ether oxygens (including phenoxy) is 3. The number of aryl methyl sites for hydroxylation is 1. The molecule has 3 aromatic carbocycles. The topological polar surface area (TPSA) is 61.1 Å². The Bertz CT molecular complexity index is 1470. The zero-order valence-corrected chi connectivity index (χ0v) is 20.8. The van der Waals surface area contributed by atoms with Crippen LogP contribution in [0, 0.1) is 6.92 Å². The van der Waals surface area contributed by atoms with Crippen molar-refractivity contribution < 1.29 is 18.6 Å². The fourth-order valence-electron chi connectivity index (χ4n) is 4.15. The summed E-state index contributed by atoms with van der Waals surface area (Å²) in [6.45, 7) is 3.46. The van der Waals surface area contributed by atoms with Crippen LogP contribution in [-0.4, -0.2) is 25.3 Å². The van der Waals surface area contributed by atoms with Crippen LogP contribution in [0.15, 0.2) is 63.8 Å². The van der Waals surface area contributed by atoms with Gasteiger partial charge >= 0.3 is 0 Å². The zero-order valence-electron chi connectivity index (χ0n) is 19.3. The first-order chi connectivity index (χ1) is 16.9. The largest absolute Gasteiger partial charge is 0.497 e. The van der Waals surface area contributed by atoms with E-state index in [2.05, 4.69) is 4.90 Å². The Labute approximate surface area is 212 Å². The second kappa shape index (κ2) is 9.82. The van der Waals surface area contributed by atoms with E-state index in [-0.39, 0.29) is 11.2 Å². The highest BCUT2D eigenvalue weighted by Gasteiger charge is 2.24. The Hall–Kier alpha value is -3.19. The molecule has 0 aliphatic carbocycles. The molecule has 0 amide bonds. The lowest BCUT2D eigenvalue weighted by molar-refractivity contribution is 0.0968. The van der Waals surface area contributed by atoms with E-state index in [1.54, 1.807) is 44.4 Å². The van der Waals surface area contributed by atoms with Crippen LogP contribution in [0.2, 0.25) is 10.0 Å². The number of hydrogen-bond acceptors (Lipinski definition) is 6. The molecule has 4 aromatic rings. The van der Waals surface area contributed by atoms with E-state index in [4.69, 9.17) is 41.8 Å². The summed E-state index contributed by atoms with van der Waals surface area (Å²) in [7, 11) is 1.58. The Morgan fingerprint density at radius 1 is 1.06 bits per heavy atom. The van der Waals surface area contributed by atoms with Crippen LogP contribution < -0.4 is 19.6 Å². The third-order valence-corrected chi connectivity index (χ3v) is 6.59. The summed E-state index contributed by atoms with van der Waals surface area (Å²) in [6.07, 6.45) is 0.737. The van der Waals surface area contributed by atoms with Crippen LogP contribution >= 0.6 is 23.2 Å². The molecule has 0 radical (unpaired) electrons. The van der Waals surface area contributed by atoms with Crippen molar-refractivity contribution in [3.63, 3.8) is 0 Å². The Morgan fingerprint density at radius 2 is 1.89 bits per heavy atom. The van der Waals surface area contributed by atoms with Gasteiger partial charge < -0.3 is 18.6 Å². The van der Waals surface area contributed by atoms with E-state index >= 15 is 0 Å². The molecule has 5 rings (SSSR count). The summed E-state index contributed by atoms with van der Waals surface area (Å²) < 4.78 is 23.3. The van der Waals surface area contributed by atoms with Crippen molar-refractivity contribution in [1.29, 1.82) is 0 Å². The van der Waals surface area contributed by atoms with Crippen molar-refractivity contribution in [2.75, 3.05) is 20.4 Å². The number of hydrogen-bond donors (Lipinski definition) is 0. The third kappa shape index (κ3) is 4.82. The van der Waals surface area contributed by atoms with E-state index in [1.165, 1.54) is 0 Å². The number of halogens is 2. The molecule has 8 heteroatoms. The highest BCUT2D eigenvalue weighted by molar-refractivity contribution is 6.35. The maximum absolute atomic E-state index is 13.4. The second-order valence-corrected chi connectivity index (χ2v) is 9.17. The lowest BCUT2D eigenvalue weighted by Gasteiger charge is -2.29. The van der Waals surface area contributed by atoms with Gasteiger partial charge in [-0.15, -0.1) is 0 Å². The fourth-order valence-corrected chi connectivity index (χ4v) is 4.65. The average molecular weight is 512 g/mol. The lowest BCUT2D eigenvalue weighted by atomic mass is 10.1. The Morgan fingerprint density at radius 3 is 2.69 bits per heavy atom. The van der Waals surface area contributed by atoms with E-state index in [9.17, 15) is 4.79 Å². The monoisotopic (exact) mass is 511 g/mol. The van der Waals surface area contributed by atoms with Crippen LogP contribution in [0.1, 0.15) is 16.9 Å². The molecule has 1 aromatic heterocycles. The molecule has 0 atom stereocenters. The summed E-state index contributed by atoms with van der Waals surface area (Å²) in [5, 5.41) is 1.70. The van der Waals surface area contributed by atoms with E-state index in [1.807, 2.05) is 24.3 Å². The van der Waals surface area contributed by atoms with Gasteiger partial charge in [-0.05, 0) is 55.3 Å². The minimum absolute atomic E-state index is 0.150. The van der Waals surface area contributed by atoms with Crippen LogP contribution in [0.3, 0.4) is 0 Å². The Balaban J connectivity index is 1.42. The maximum atomic E-state index is 13.4. The predicted molar refractivity (Wildman–Crippen MR) is 136 cm³/mol. The molecule has 0 spiro atoms. The van der Waals surface area contributed by atoms with Gasteiger partial charge in [0.1, 0.15) is 35.3 Å². The van der Waals surface area contributed by atoms with Crippen LogP contribution in [-0.2, 0) is 13.0 Å². The summed E-state index contributed by atoms with van der Waals surface area (Å²) in [5.41, 5.74) is 2.13. The van der Waals surface area contributed by atoms with Gasteiger partial charge in [0.05, 0.1) is 18.1 Å². The molecular formula is C27H23Cl2NO5. The summed E-state index contributed by atoms with van der Waals surface area (Å²) in [4.78, 5) is 15.5. The standard InChI is InChI=1S/C27H23Cl2NO5/c1-16-26(35-20-5-3-4-19(13-20)32-2)25(31)21-8-9-24-22(27(21)34-16)14-30(15-33-24)11-10-17-6-7-18(28)12-23(17)29/h3-9,12-13H,10-11,14-15H2,1-2H3. The highest BCUT2D eigenvalue weighted by Crippen LogP contribution is 2.35. The number of rotatable bonds is 6. The molecule has 1 aliphatic rings. The minimum Gasteiger partial charge on any atom is -0.497 e. The van der Waals surface area contributed by atoms with E-state index in [0.717, 1.165) is 24.1 Å². The van der Waals surface area contributed by atoms with Gasteiger partial charge in [-0.1, -0.05) is 35.3 Å². The summed E-state index contributed by atoms with van der Waals surface area (Å²) in [6, 6.07) is 16.1. The maximum Gasteiger partial charge on any atom is 0.235 e. The number of benzene rings is 3. The number of nitrogens with zero attached hydrogens (tertiary/aromatic N) is 1. The second-order valence-electron chi connectivity index (χ2n) is 8.33. The molecule has 0 bridgehead atoms. The first-order valence-electron chi connectivity index (χ1n) is 11.1. The molecule has 35 heavy (non-hydrogen) atoms. The normalized spacial score (nSPS) is 13.4. The van der Waals surface area contributed by atoms with Crippen LogP contribution in [0.4, 0.5) is 0 Å². The predicted octanol–water partition coefficient (Wildman–Crippen LogP) is 6.60. The Kier molecular flexibility index (Phi) is 6.60. The molecule has 0 unspecified atom stereocenters. The minimum atomic E-state index is -0.237. The van der Waals surface area contributed by atoms with Gasteiger partial charge in [-0.25, -0.2) is 0 Å². The van der Waals surface area contributed by atoms with Gasteiger partial charge in [0.2, 0.25) is 11.2 Å². The molecule has 6 nitrogen and oxygen atoms in total.